The van der Waals surface area contributed by atoms with Crippen LogP contribution in [0.5, 0.6) is 5.75 Å². The van der Waals surface area contributed by atoms with E-state index < -0.39 is 18.3 Å². The number of nitrogens with one attached hydrogen (secondary N) is 3. The third kappa shape index (κ3) is 5.17. The quantitative estimate of drug-likeness (QED) is 0.584. The van der Waals surface area contributed by atoms with Crippen molar-refractivity contribution >= 4 is 28.9 Å². The highest BCUT2D eigenvalue weighted by atomic mass is 32.1. The summed E-state index contributed by atoms with van der Waals surface area (Å²) in [4.78, 5) is 11.6. The number of benzene rings is 2. The fourth-order valence-electron chi connectivity index (χ4n) is 1.70. The molecule has 0 spiro atoms. The minimum atomic E-state index is -0.558. The molecule has 2 aromatic rings. The summed E-state index contributed by atoms with van der Waals surface area (Å²) >= 11 is 4.97. The normalized spacial score (nSPS) is 9.96. The number of carbonyl (C=O) groups is 1. The lowest BCUT2D eigenvalue weighted by molar-refractivity contribution is -0.123. The van der Waals surface area contributed by atoms with Crippen LogP contribution in [0.1, 0.15) is 5.56 Å². The number of hydrogen-bond acceptors (Lipinski definition) is 3. The van der Waals surface area contributed by atoms with Crippen LogP contribution in [-0.4, -0.2) is 17.6 Å². The van der Waals surface area contributed by atoms with Crippen molar-refractivity contribution in [1.29, 1.82) is 0 Å². The van der Waals surface area contributed by atoms with Crippen LogP contribution in [0, 0.1) is 18.6 Å². The minimum Gasteiger partial charge on any atom is -0.481 e. The van der Waals surface area contributed by atoms with Gasteiger partial charge >= 0.3 is 0 Å². The molecule has 0 unspecified atom stereocenters. The van der Waals surface area contributed by atoms with Crippen LogP contribution >= 0.6 is 12.2 Å². The highest BCUT2D eigenvalue weighted by Crippen LogP contribution is 2.15. The van der Waals surface area contributed by atoms with Gasteiger partial charge in [-0.3, -0.25) is 15.6 Å². The zero-order valence-corrected chi connectivity index (χ0v) is 13.5. The molecule has 0 radical (unpaired) electrons. The van der Waals surface area contributed by atoms with Gasteiger partial charge < -0.3 is 10.1 Å². The topological polar surface area (TPSA) is 62.4 Å². The van der Waals surface area contributed by atoms with E-state index in [1.165, 1.54) is 24.3 Å². The van der Waals surface area contributed by atoms with Gasteiger partial charge in [-0.1, -0.05) is 18.2 Å². The summed E-state index contributed by atoms with van der Waals surface area (Å²) in [7, 11) is 0. The smallest absolute Gasteiger partial charge is 0.276 e. The van der Waals surface area contributed by atoms with Crippen LogP contribution < -0.4 is 20.9 Å². The molecule has 0 heterocycles. The predicted molar refractivity (Wildman–Crippen MR) is 90.5 cm³/mol. The van der Waals surface area contributed by atoms with Gasteiger partial charge in [-0.25, -0.2) is 8.78 Å². The number of hydrazine groups is 1. The van der Waals surface area contributed by atoms with Crippen molar-refractivity contribution in [2.45, 2.75) is 6.92 Å². The Morgan fingerprint density at radius 3 is 2.58 bits per heavy atom. The van der Waals surface area contributed by atoms with Gasteiger partial charge in [0.15, 0.2) is 23.3 Å². The summed E-state index contributed by atoms with van der Waals surface area (Å²) in [5.41, 5.74) is 5.67. The van der Waals surface area contributed by atoms with Crippen molar-refractivity contribution in [2.24, 2.45) is 0 Å². The number of anilines is 1. The van der Waals surface area contributed by atoms with Crippen LogP contribution in [0.15, 0.2) is 42.5 Å². The second kappa shape index (κ2) is 8.21. The summed E-state index contributed by atoms with van der Waals surface area (Å²) in [5.74, 6) is -1.51. The molecule has 0 saturated carbocycles. The van der Waals surface area contributed by atoms with Gasteiger partial charge in [-0.05, 0) is 49.0 Å². The Kier molecular flexibility index (Phi) is 6.02. The van der Waals surface area contributed by atoms with Gasteiger partial charge in [0.1, 0.15) is 5.82 Å². The Hall–Kier alpha value is -2.74. The van der Waals surface area contributed by atoms with Crippen molar-refractivity contribution in [3.63, 3.8) is 0 Å². The van der Waals surface area contributed by atoms with E-state index in [1.807, 2.05) is 0 Å². The predicted octanol–water partition coefficient (Wildman–Crippen LogP) is 2.67. The lowest BCUT2D eigenvalue weighted by atomic mass is 10.2. The fraction of sp³-hybridized carbons (Fsp3) is 0.125. The number of amides is 1. The molecule has 3 N–H and O–H groups in total. The van der Waals surface area contributed by atoms with Crippen molar-refractivity contribution < 1.29 is 18.3 Å². The van der Waals surface area contributed by atoms with Gasteiger partial charge in [-0.2, -0.15) is 0 Å². The molecule has 0 fully saturated rings. The Morgan fingerprint density at radius 1 is 1.12 bits per heavy atom. The van der Waals surface area contributed by atoms with Crippen molar-refractivity contribution in [3.8, 4) is 5.75 Å². The number of hydrogen-bond donors (Lipinski definition) is 3. The molecular formula is C16H15F2N3O2S. The van der Waals surface area contributed by atoms with Crippen LogP contribution in [0.4, 0.5) is 14.5 Å². The van der Waals surface area contributed by atoms with Crippen LogP contribution in [0.2, 0.25) is 0 Å². The molecule has 2 aromatic carbocycles. The molecule has 0 saturated heterocycles. The Morgan fingerprint density at radius 2 is 1.88 bits per heavy atom. The molecule has 5 nitrogen and oxygen atoms in total. The zero-order valence-electron chi connectivity index (χ0n) is 12.7. The first-order valence-electron chi connectivity index (χ1n) is 6.95. The molecule has 1 amide bonds. The number of thiocarbonyl (C=S) groups is 1. The maximum Gasteiger partial charge on any atom is 0.276 e. The SMILES string of the molecule is Cc1ccc(NC(=S)NNC(=O)COc2ccccc2F)cc1F. The monoisotopic (exact) mass is 351 g/mol. The minimum absolute atomic E-state index is 0.0246. The maximum atomic E-state index is 13.4. The molecule has 0 atom stereocenters. The summed E-state index contributed by atoms with van der Waals surface area (Å²) in [6.07, 6.45) is 0. The number of halogens is 2. The van der Waals surface area contributed by atoms with E-state index >= 15 is 0 Å². The fourth-order valence-corrected chi connectivity index (χ4v) is 1.87. The summed E-state index contributed by atoms with van der Waals surface area (Å²) in [6, 6.07) is 10.3. The van der Waals surface area contributed by atoms with E-state index in [0.29, 0.717) is 11.3 Å². The summed E-state index contributed by atoms with van der Waals surface area (Å²) < 4.78 is 31.8. The largest absolute Gasteiger partial charge is 0.481 e. The number of ether oxygens (including phenoxy) is 1. The number of carbonyl (C=O) groups excluding carboxylic acids is 1. The lowest BCUT2D eigenvalue weighted by Gasteiger charge is -2.12. The number of aryl methyl sites for hydroxylation is 1. The highest BCUT2D eigenvalue weighted by Gasteiger charge is 2.07. The summed E-state index contributed by atoms with van der Waals surface area (Å²) in [6.45, 7) is 1.25. The maximum absolute atomic E-state index is 13.4. The van der Waals surface area contributed by atoms with E-state index in [1.54, 1.807) is 25.1 Å². The average molecular weight is 351 g/mol. The standard InChI is InChI=1S/C16H15F2N3O2S/c1-10-6-7-11(8-13(10)18)19-16(24)21-20-15(22)9-23-14-5-3-2-4-12(14)17/h2-8H,9H2,1H3,(H,20,22)(H2,19,21,24). The third-order valence-corrected chi connectivity index (χ3v) is 3.14. The first-order chi connectivity index (χ1) is 11.5. The molecule has 8 heteroatoms. The highest BCUT2D eigenvalue weighted by molar-refractivity contribution is 7.80. The van der Waals surface area contributed by atoms with Crippen LogP contribution in [0.3, 0.4) is 0 Å². The molecular weight excluding hydrogens is 336 g/mol. The van der Waals surface area contributed by atoms with Gasteiger partial charge in [0.05, 0.1) is 0 Å². The van der Waals surface area contributed by atoms with E-state index in [0.717, 1.165) is 0 Å². The van der Waals surface area contributed by atoms with E-state index in [9.17, 15) is 13.6 Å². The molecule has 0 bridgehead atoms. The van der Waals surface area contributed by atoms with Gasteiger partial charge in [0.25, 0.3) is 5.91 Å². The Bertz CT molecular complexity index is 756. The van der Waals surface area contributed by atoms with Crippen molar-refractivity contribution in [1.82, 2.24) is 10.9 Å². The molecule has 0 aliphatic carbocycles. The van der Waals surface area contributed by atoms with E-state index in [4.69, 9.17) is 17.0 Å². The van der Waals surface area contributed by atoms with Crippen molar-refractivity contribution in [3.05, 3.63) is 59.7 Å². The first kappa shape index (κ1) is 17.6. The number of para-hydroxylation sites is 1. The van der Waals surface area contributed by atoms with Gasteiger partial charge in [0.2, 0.25) is 0 Å². The summed E-state index contributed by atoms with van der Waals surface area (Å²) in [5, 5.41) is 2.78. The van der Waals surface area contributed by atoms with Crippen LogP contribution in [-0.2, 0) is 4.79 Å². The van der Waals surface area contributed by atoms with Gasteiger partial charge in [0, 0.05) is 5.69 Å². The van der Waals surface area contributed by atoms with Crippen LogP contribution in [0.25, 0.3) is 0 Å². The molecule has 24 heavy (non-hydrogen) atoms. The van der Waals surface area contributed by atoms with E-state index in [2.05, 4.69) is 16.2 Å². The first-order valence-corrected chi connectivity index (χ1v) is 7.36. The average Bonchev–Trinajstić information content (AvgIpc) is 2.55. The Labute approximate surface area is 143 Å². The van der Waals surface area contributed by atoms with E-state index in [-0.39, 0.29) is 16.7 Å². The second-order valence-electron chi connectivity index (χ2n) is 4.81. The van der Waals surface area contributed by atoms with Crippen molar-refractivity contribution in [2.75, 3.05) is 11.9 Å². The number of rotatable bonds is 4. The molecule has 0 aromatic heterocycles. The molecule has 0 aliphatic rings. The molecule has 126 valence electrons. The zero-order chi connectivity index (χ0) is 17.5. The third-order valence-electron chi connectivity index (χ3n) is 2.94. The Balaban J connectivity index is 1.76. The lowest BCUT2D eigenvalue weighted by Crippen LogP contribution is -2.45. The second-order valence-corrected chi connectivity index (χ2v) is 5.22. The molecule has 2 rings (SSSR count). The molecule has 0 aliphatic heterocycles. The van der Waals surface area contributed by atoms with Gasteiger partial charge in [-0.15, -0.1) is 0 Å².